The molecule has 0 bridgehead atoms. The van der Waals surface area contributed by atoms with Crippen molar-refractivity contribution in [1.82, 2.24) is 19.1 Å². The highest BCUT2D eigenvalue weighted by Gasteiger charge is 2.32. The van der Waals surface area contributed by atoms with Gasteiger partial charge < -0.3 is 14.9 Å². The first-order valence-corrected chi connectivity index (χ1v) is 12.4. The number of carboxylic acid groups (broad SMARTS) is 2. The van der Waals surface area contributed by atoms with Crippen molar-refractivity contribution in [3.63, 3.8) is 0 Å². The van der Waals surface area contributed by atoms with E-state index in [4.69, 9.17) is 4.74 Å². The molecule has 0 unspecified atom stereocenters. The number of rotatable bonds is 4. The van der Waals surface area contributed by atoms with Crippen LogP contribution >= 0.6 is 0 Å². The second-order valence-electron chi connectivity index (χ2n) is 9.69. The number of fused-ring (bicyclic) bond motifs is 10. The summed E-state index contributed by atoms with van der Waals surface area (Å²) in [5, 5.41) is 18.5. The minimum Gasteiger partial charge on any atom is -0.478 e. The Morgan fingerprint density at radius 2 is 1.02 bits per heavy atom. The fraction of sp³-hybridized carbons (Fsp3) is 0. The third kappa shape index (κ3) is 3.08. The smallest absolute Gasteiger partial charge is 0.335 e. The fourth-order valence-electron chi connectivity index (χ4n) is 5.50. The molecule has 11 nitrogen and oxygen atoms in total. The summed E-state index contributed by atoms with van der Waals surface area (Å²) >= 11 is 0. The molecule has 0 spiro atoms. The molecule has 4 heterocycles. The van der Waals surface area contributed by atoms with Crippen molar-refractivity contribution in [2.45, 2.75) is 0 Å². The summed E-state index contributed by atoms with van der Waals surface area (Å²) in [5.41, 5.74) is 3.96. The minimum absolute atomic E-state index is 0.0312. The summed E-state index contributed by atoms with van der Waals surface area (Å²) < 4.78 is 9.00. The number of carbonyl (C=O) groups excluding carboxylic acids is 2. The van der Waals surface area contributed by atoms with Gasteiger partial charge >= 0.3 is 11.9 Å². The van der Waals surface area contributed by atoms with Crippen molar-refractivity contribution in [1.29, 1.82) is 0 Å². The minimum atomic E-state index is -1.11. The van der Waals surface area contributed by atoms with E-state index in [1.807, 2.05) is 0 Å². The van der Waals surface area contributed by atoms with Gasteiger partial charge in [-0.2, -0.15) is 0 Å². The highest BCUT2D eigenvalue weighted by molar-refractivity contribution is 6.14. The maximum absolute atomic E-state index is 13.1. The number of nitrogens with zero attached hydrogens (tertiary/aromatic N) is 4. The molecule has 11 heteroatoms. The number of imidazole rings is 2. The van der Waals surface area contributed by atoms with E-state index in [0.29, 0.717) is 67.5 Å². The normalized spacial score (nSPS) is 12.9. The Morgan fingerprint density at radius 3 is 1.44 bits per heavy atom. The first-order valence-electron chi connectivity index (χ1n) is 12.4. The van der Waals surface area contributed by atoms with Gasteiger partial charge in [0.2, 0.25) is 0 Å². The zero-order chi connectivity index (χ0) is 28.2. The third-order valence-corrected chi connectivity index (χ3v) is 7.37. The van der Waals surface area contributed by atoms with Gasteiger partial charge in [0.25, 0.3) is 11.8 Å². The molecule has 0 saturated carbocycles. The fourth-order valence-corrected chi connectivity index (χ4v) is 5.50. The van der Waals surface area contributed by atoms with E-state index in [1.54, 1.807) is 48.5 Å². The van der Waals surface area contributed by atoms with Crippen molar-refractivity contribution in [2.75, 3.05) is 0 Å². The van der Waals surface area contributed by atoms with Crippen LogP contribution in [0.25, 0.3) is 44.8 Å². The van der Waals surface area contributed by atoms with Crippen LogP contribution in [0.1, 0.15) is 41.4 Å². The van der Waals surface area contributed by atoms with Crippen LogP contribution in [0.15, 0.2) is 72.8 Å². The van der Waals surface area contributed by atoms with E-state index >= 15 is 0 Å². The lowest BCUT2D eigenvalue weighted by Gasteiger charge is -2.07. The summed E-state index contributed by atoms with van der Waals surface area (Å²) in [6.07, 6.45) is 0. The molecule has 41 heavy (non-hydrogen) atoms. The quantitative estimate of drug-likeness (QED) is 0.316. The number of hydrogen-bond donors (Lipinski definition) is 2. The zero-order valence-electron chi connectivity index (χ0n) is 20.7. The first kappa shape index (κ1) is 22.8. The number of carbonyl (C=O) groups is 4. The highest BCUT2D eigenvalue weighted by atomic mass is 16.5. The van der Waals surface area contributed by atoms with Crippen molar-refractivity contribution >= 4 is 45.8 Å². The summed E-state index contributed by atoms with van der Waals surface area (Å²) in [6, 6.07) is 19.0. The van der Waals surface area contributed by atoms with Gasteiger partial charge in [-0.15, -0.1) is 0 Å². The summed E-state index contributed by atoms with van der Waals surface area (Å²) in [7, 11) is 0. The van der Waals surface area contributed by atoms with E-state index in [2.05, 4.69) is 9.97 Å². The van der Waals surface area contributed by atoms with Gasteiger partial charge in [-0.25, -0.2) is 19.6 Å². The third-order valence-electron chi connectivity index (χ3n) is 7.37. The monoisotopic (exact) mass is 542 g/mol. The van der Waals surface area contributed by atoms with Gasteiger partial charge in [0, 0.05) is 23.3 Å². The first-order chi connectivity index (χ1) is 19.8. The molecule has 0 aliphatic carbocycles. The summed E-state index contributed by atoms with van der Waals surface area (Å²) in [4.78, 5) is 58.1. The van der Waals surface area contributed by atoms with Gasteiger partial charge in [-0.05, 0) is 60.7 Å². The Hall–Kier alpha value is -6.10. The van der Waals surface area contributed by atoms with Crippen LogP contribution in [0.2, 0.25) is 0 Å². The molecule has 6 aromatic rings. The highest BCUT2D eigenvalue weighted by Crippen LogP contribution is 2.39. The van der Waals surface area contributed by atoms with Gasteiger partial charge in [-0.1, -0.05) is 0 Å². The van der Waals surface area contributed by atoms with Crippen LogP contribution in [0.4, 0.5) is 0 Å². The average Bonchev–Trinajstić information content (AvgIpc) is 3.67. The van der Waals surface area contributed by atoms with Gasteiger partial charge in [-0.3, -0.25) is 18.7 Å². The molecular formula is C30H14N4O7. The van der Waals surface area contributed by atoms with Crippen LogP contribution in [-0.2, 0) is 0 Å². The standard InChI is InChI=1S/C30H14N4O7/c35-27-19-9-13(29(37)38)1-5-17(19)25-31-21-11-15(3-7-23(21)33(25)27)41-16-4-8-24-22(12-16)32-26-18-6-2-14(30(39)40)10-20(18)28(36)34(24)26/h1-12H,(H,37,38)(H,39,40). The average molecular weight is 542 g/mol. The van der Waals surface area contributed by atoms with Crippen molar-refractivity contribution < 1.29 is 34.1 Å². The SMILES string of the molecule is O=C(O)c1ccc2c(c1)C(=O)n1c-2nc2cc(Oc3ccc4c(c3)nc3n4C(=O)c4cc(C(=O)O)ccc4-3)ccc21. The number of carboxylic acids is 2. The van der Waals surface area contributed by atoms with Crippen molar-refractivity contribution in [2.24, 2.45) is 0 Å². The van der Waals surface area contributed by atoms with Crippen LogP contribution in [0.5, 0.6) is 11.5 Å². The molecule has 0 saturated heterocycles. The molecule has 8 rings (SSSR count). The molecule has 0 fully saturated rings. The van der Waals surface area contributed by atoms with Gasteiger partial charge in [0.1, 0.15) is 23.1 Å². The molecule has 0 atom stereocenters. The molecule has 4 aromatic carbocycles. The number of ether oxygens (including phenoxy) is 1. The lowest BCUT2D eigenvalue weighted by Crippen LogP contribution is -2.07. The maximum Gasteiger partial charge on any atom is 0.335 e. The zero-order valence-corrected chi connectivity index (χ0v) is 20.7. The Bertz CT molecular complexity index is 2080. The maximum atomic E-state index is 13.1. The Kier molecular flexibility index (Phi) is 4.31. The van der Waals surface area contributed by atoms with Gasteiger partial charge in [0.15, 0.2) is 0 Å². The Labute approximate surface area is 228 Å². The van der Waals surface area contributed by atoms with E-state index in [1.165, 1.54) is 33.4 Å². The summed E-state index contributed by atoms with van der Waals surface area (Å²) in [5.74, 6) is -1.10. The second kappa shape index (κ2) is 7.73. The number of aromatic carboxylic acids is 2. The van der Waals surface area contributed by atoms with Crippen LogP contribution in [0.3, 0.4) is 0 Å². The second-order valence-corrected chi connectivity index (χ2v) is 9.69. The topological polar surface area (TPSA) is 154 Å². The molecule has 2 aromatic heterocycles. The molecule has 2 aliphatic heterocycles. The molecule has 0 radical (unpaired) electrons. The van der Waals surface area contributed by atoms with Crippen LogP contribution < -0.4 is 4.74 Å². The lowest BCUT2D eigenvalue weighted by atomic mass is 10.1. The predicted octanol–water partition coefficient (Wildman–Crippen LogP) is 4.91. The van der Waals surface area contributed by atoms with Crippen molar-refractivity contribution in [3.05, 3.63) is 95.1 Å². The molecule has 2 aliphatic rings. The lowest BCUT2D eigenvalue weighted by molar-refractivity contribution is 0.0686. The number of benzene rings is 4. The van der Waals surface area contributed by atoms with E-state index in [-0.39, 0.29) is 22.9 Å². The van der Waals surface area contributed by atoms with Crippen LogP contribution in [0, 0.1) is 0 Å². The van der Waals surface area contributed by atoms with E-state index in [0.717, 1.165) is 0 Å². The van der Waals surface area contributed by atoms with Gasteiger partial charge in [0.05, 0.1) is 44.3 Å². The van der Waals surface area contributed by atoms with Crippen molar-refractivity contribution in [3.8, 4) is 34.3 Å². The molecule has 196 valence electrons. The van der Waals surface area contributed by atoms with E-state index < -0.39 is 11.9 Å². The Morgan fingerprint density at radius 1 is 0.585 bits per heavy atom. The summed E-state index contributed by atoms with van der Waals surface area (Å²) in [6.45, 7) is 0. The predicted molar refractivity (Wildman–Crippen MR) is 144 cm³/mol. The van der Waals surface area contributed by atoms with Crippen LogP contribution in [-0.4, -0.2) is 53.1 Å². The molecule has 2 N–H and O–H groups in total. The Balaban J connectivity index is 1.13. The largest absolute Gasteiger partial charge is 0.478 e. The number of hydrogen-bond acceptors (Lipinski definition) is 7. The van der Waals surface area contributed by atoms with E-state index in [9.17, 15) is 29.4 Å². The number of aromatic nitrogens is 4. The molecule has 0 amide bonds. The molecular weight excluding hydrogens is 528 g/mol.